The van der Waals surface area contributed by atoms with Crippen LogP contribution in [0.4, 0.5) is 0 Å². The Morgan fingerprint density at radius 2 is 2.07 bits per heavy atom. The monoisotopic (exact) mass is 378 g/mol. The van der Waals surface area contributed by atoms with Crippen molar-refractivity contribution >= 4 is 5.97 Å². The first kappa shape index (κ1) is 18.3. The molecular formula is C20H22N6O2. The lowest BCUT2D eigenvalue weighted by Crippen LogP contribution is -2.35. The van der Waals surface area contributed by atoms with Gasteiger partial charge in [0.2, 0.25) is 0 Å². The number of carboxylic acid groups (broad SMARTS) is 1. The molecule has 0 radical (unpaired) electrons. The van der Waals surface area contributed by atoms with Crippen LogP contribution in [0.1, 0.15) is 45.0 Å². The second-order valence-corrected chi connectivity index (χ2v) is 6.86. The lowest BCUT2D eigenvalue weighted by Gasteiger charge is -2.27. The summed E-state index contributed by atoms with van der Waals surface area (Å²) < 4.78 is 2.19. The number of hydrogen-bond acceptors (Lipinski definition) is 6. The summed E-state index contributed by atoms with van der Waals surface area (Å²) in [6, 6.07) is 13.6. The molecule has 28 heavy (non-hydrogen) atoms. The molecule has 0 amide bonds. The molecule has 2 aromatic heterocycles. The van der Waals surface area contributed by atoms with Gasteiger partial charge in [-0.25, -0.2) is 4.79 Å². The number of carbonyl (C=O) groups is 1. The Labute approximate surface area is 162 Å². The third kappa shape index (κ3) is 3.78. The van der Waals surface area contributed by atoms with Gasteiger partial charge >= 0.3 is 5.97 Å². The molecule has 0 fully saturated rings. The molecule has 0 aliphatic carbocycles. The average Bonchev–Trinajstić information content (AvgIpc) is 3.11. The molecule has 1 aromatic carbocycles. The standard InChI is InChI=1S/C20H22N6O2/c1-13-7-15(20(27)28)8-16(23-13)9-21-11-18-24-25-19-12-22-10-17(26(18)19)14-5-3-2-4-6-14/h2-8,17,21-22H,9-12H2,1H3,(H,27,28). The number of fused-ring (bicyclic) bond motifs is 1. The van der Waals surface area contributed by atoms with E-state index >= 15 is 0 Å². The highest BCUT2D eigenvalue weighted by atomic mass is 16.4. The fourth-order valence-corrected chi connectivity index (χ4v) is 3.57. The van der Waals surface area contributed by atoms with E-state index in [-0.39, 0.29) is 11.6 Å². The number of rotatable bonds is 6. The number of hydrogen-bond donors (Lipinski definition) is 3. The zero-order chi connectivity index (χ0) is 19.5. The summed E-state index contributed by atoms with van der Waals surface area (Å²) in [6.07, 6.45) is 0. The summed E-state index contributed by atoms with van der Waals surface area (Å²) in [7, 11) is 0. The summed E-state index contributed by atoms with van der Waals surface area (Å²) in [5, 5.41) is 24.6. The molecular weight excluding hydrogens is 356 g/mol. The molecule has 0 saturated carbocycles. The minimum absolute atomic E-state index is 0.146. The molecule has 8 nitrogen and oxygen atoms in total. The van der Waals surface area contributed by atoms with E-state index in [0.29, 0.717) is 31.0 Å². The number of aryl methyl sites for hydroxylation is 1. The molecule has 4 rings (SSSR count). The summed E-state index contributed by atoms with van der Waals surface area (Å²) in [6.45, 7) is 4.29. The number of carboxylic acids is 1. The van der Waals surface area contributed by atoms with Crippen LogP contribution in [0, 0.1) is 6.92 Å². The maximum atomic E-state index is 11.2. The molecule has 0 saturated heterocycles. The third-order valence-corrected chi connectivity index (χ3v) is 4.80. The van der Waals surface area contributed by atoms with Crippen molar-refractivity contribution in [1.29, 1.82) is 0 Å². The summed E-state index contributed by atoms with van der Waals surface area (Å²) in [5.74, 6) is 0.826. The fourth-order valence-electron chi connectivity index (χ4n) is 3.57. The van der Waals surface area contributed by atoms with E-state index in [1.165, 1.54) is 5.56 Å². The van der Waals surface area contributed by atoms with Crippen molar-refractivity contribution in [2.45, 2.75) is 32.6 Å². The quantitative estimate of drug-likeness (QED) is 0.599. The molecule has 1 aliphatic rings. The van der Waals surface area contributed by atoms with Crippen LogP contribution in [0.3, 0.4) is 0 Å². The van der Waals surface area contributed by atoms with Gasteiger partial charge in [0.15, 0.2) is 0 Å². The first-order chi connectivity index (χ1) is 13.6. The summed E-state index contributed by atoms with van der Waals surface area (Å²) in [5.41, 5.74) is 2.84. The van der Waals surface area contributed by atoms with Gasteiger partial charge in [0.25, 0.3) is 0 Å². The molecule has 3 heterocycles. The second kappa shape index (κ2) is 7.87. The lowest BCUT2D eigenvalue weighted by atomic mass is 10.1. The molecule has 3 aromatic rings. The van der Waals surface area contributed by atoms with E-state index in [9.17, 15) is 9.90 Å². The predicted molar refractivity (Wildman–Crippen MR) is 103 cm³/mol. The van der Waals surface area contributed by atoms with Gasteiger partial charge in [-0.2, -0.15) is 0 Å². The highest BCUT2D eigenvalue weighted by Crippen LogP contribution is 2.23. The maximum Gasteiger partial charge on any atom is 0.335 e. The largest absolute Gasteiger partial charge is 0.478 e. The molecule has 1 atom stereocenters. The van der Waals surface area contributed by atoms with Crippen LogP contribution in [-0.2, 0) is 19.6 Å². The van der Waals surface area contributed by atoms with Crippen LogP contribution in [0.2, 0.25) is 0 Å². The highest BCUT2D eigenvalue weighted by molar-refractivity contribution is 5.87. The van der Waals surface area contributed by atoms with E-state index in [0.717, 1.165) is 18.2 Å². The minimum Gasteiger partial charge on any atom is -0.478 e. The van der Waals surface area contributed by atoms with Gasteiger partial charge < -0.3 is 20.3 Å². The Morgan fingerprint density at radius 1 is 1.25 bits per heavy atom. The highest BCUT2D eigenvalue weighted by Gasteiger charge is 2.25. The molecule has 144 valence electrons. The van der Waals surface area contributed by atoms with Crippen LogP contribution < -0.4 is 10.6 Å². The number of pyridine rings is 1. The molecule has 1 aliphatic heterocycles. The predicted octanol–water partition coefficient (Wildman–Crippen LogP) is 1.66. The molecule has 8 heteroatoms. The smallest absolute Gasteiger partial charge is 0.335 e. The van der Waals surface area contributed by atoms with Crippen molar-refractivity contribution < 1.29 is 9.90 Å². The van der Waals surface area contributed by atoms with Gasteiger partial charge in [0.1, 0.15) is 11.6 Å². The molecule has 0 bridgehead atoms. The van der Waals surface area contributed by atoms with Gasteiger partial charge in [-0.1, -0.05) is 30.3 Å². The van der Waals surface area contributed by atoms with Gasteiger partial charge in [-0.15, -0.1) is 10.2 Å². The number of aromatic nitrogens is 4. The summed E-state index contributed by atoms with van der Waals surface area (Å²) >= 11 is 0. The van der Waals surface area contributed by atoms with Crippen molar-refractivity contribution in [1.82, 2.24) is 30.4 Å². The van der Waals surface area contributed by atoms with Crippen LogP contribution in [0.5, 0.6) is 0 Å². The molecule has 1 unspecified atom stereocenters. The Balaban J connectivity index is 1.50. The van der Waals surface area contributed by atoms with Crippen LogP contribution >= 0.6 is 0 Å². The van der Waals surface area contributed by atoms with Gasteiger partial charge in [0, 0.05) is 18.8 Å². The Bertz CT molecular complexity index is 986. The van der Waals surface area contributed by atoms with E-state index in [4.69, 9.17) is 0 Å². The maximum absolute atomic E-state index is 11.2. The van der Waals surface area contributed by atoms with E-state index in [1.54, 1.807) is 19.1 Å². The van der Waals surface area contributed by atoms with Crippen molar-refractivity contribution in [2.75, 3.05) is 6.54 Å². The minimum atomic E-state index is -0.948. The Kier molecular flexibility index (Phi) is 5.14. The zero-order valence-electron chi connectivity index (χ0n) is 15.6. The normalized spacial score (nSPS) is 16.0. The van der Waals surface area contributed by atoms with Crippen molar-refractivity contribution in [3.05, 3.63) is 76.6 Å². The van der Waals surface area contributed by atoms with Crippen LogP contribution in [0.25, 0.3) is 0 Å². The fraction of sp³-hybridized carbons (Fsp3) is 0.300. The zero-order valence-corrected chi connectivity index (χ0v) is 15.6. The number of nitrogens with one attached hydrogen (secondary N) is 2. The average molecular weight is 378 g/mol. The van der Waals surface area contributed by atoms with Crippen molar-refractivity contribution in [3.63, 3.8) is 0 Å². The van der Waals surface area contributed by atoms with Crippen molar-refractivity contribution in [3.8, 4) is 0 Å². The third-order valence-electron chi connectivity index (χ3n) is 4.80. The van der Waals surface area contributed by atoms with E-state index in [2.05, 4.69) is 42.5 Å². The van der Waals surface area contributed by atoms with E-state index < -0.39 is 5.97 Å². The second-order valence-electron chi connectivity index (χ2n) is 6.86. The van der Waals surface area contributed by atoms with Gasteiger partial charge in [0.05, 0.1) is 30.4 Å². The van der Waals surface area contributed by atoms with Crippen LogP contribution in [0.15, 0.2) is 42.5 Å². The molecule has 3 N–H and O–H groups in total. The number of nitrogens with zero attached hydrogens (tertiary/aromatic N) is 4. The SMILES string of the molecule is Cc1cc(C(=O)O)cc(CNCc2nnc3n2C(c2ccccc2)CNC3)n1. The first-order valence-corrected chi connectivity index (χ1v) is 9.21. The first-order valence-electron chi connectivity index (χ1n) is 9.21. The lowest BCUT2D eigenvalue weighted by molar-refractivity contribution is 0.0696. The number of benzene rings is 1. The molecule has 0 spiro atoms. The van der Waals surface area contributed by atoms with Crippen molar-refractivity contribution in [2.24, 2.45) is 0 Å². The summed E-state index contributed by atoms with van der Waals surface area (Å²) in [4.78, 5) is 15.6. The number of aromatic carboxylic acids is 1. The Morgan fingerprint density at radius 3 is 2.86 bits per heavy atom. The van der Waals surface area contributed by atoms with Gasteiger partial charge in [-0.3, -0.25) is 4.98 Å². The topological polar surface area (TPSA) is 105 Å². The Hall–Kier alpha value is -3.10. The van der Waals surface area contributed by atoms with Gasteiger partial charge in [-0.05, 0) is 24.6 Å². The van der Waals surface area contributed by atoms with E-state index in [1.807, 2.05) is 18.2 Å². The van der Waals surface area contributed by atoms with Crippen LogP contribution in [-0.4, -0.2) is 37.4 Å².